The summed E-state index contributed by atoms with van der Waals surface area (Å²) in [7, 11) is 1.57. The van der Waals surface area contributed by atoms with Crippen molar-refractivity contribution in [2.75, 3.05) is 13.6 Å². The number of hydrogen-bond acceptors (Lipinski definition) is 4. The average molecular weight is 327 g/mol. The Morgan fingerprint density at radius 3 is 2.79 bits per heavy atom. The molecule has 2 N–H and O–H groups in total. The van der Waals surface area contributed by atoms with Gasteiger partial charge in [0.2, 0.25) is 0 Å². The highest BCUT2D eigenvalue weighted by molar-refractivity contribution is 5.99. The number of hydrogen-bond donors (Lipinski definition) is 2. The minimum Gasteiger partial charge on any atom is -0.355 e. The number of rotatable bonds is 3. The van der Waals surface area contributed by atoms with Crippen molar-refractivity contribution in [3.8, 4) is 0 Å². The summed E-state index contributed by atoms with van der Waals surface area (Å²) < 4.78 is 0. The van der Waals surface area contributed by atoms with Crippen molar-refractivity contribution in [1.29, 1.82) is 0 Å². The zero-order valence-corrected chi connectivity index (χ0v) is 13.9. The fraction of sp³-hybridized carbons (Fsp3) is 0.412. The van der Waals surface area contributed by atoms with E-state index in [0.717, 1.165) is 25.1 Å². The lowest BCUT2D eigenvalue weighted by Gasteiger charge is -2.34. The highest BCUT2D eigenvalue weighted by Gasteiger charge is 2.31. The smallest absolute Gasteiger partial charge is 0.254 e. The minimum atomic E-state index is -0.204. The Labute approximate surface area is 140 Å². The highest BCUT2D eigenvalue weighted by Crippen LogP contribution is 2.30. The number of nitrogens with one attached hydrogen (secondary N) is 2. The molecule has 2 amide bonds. The fourth-order valence-corrected chi connectivity index (χ4v) is 3.06. The maximum Gasteiger partial charge on any atom is 0.254 e. The van der Waals surface area contributed by atoms with Gasteiger partial charge in [-0.3, -0.25) is 14.7 Å². The van der Waals surface area contributed by atoms with Crippen LogP contribution in [-0.2, 0) is 0 Å². The van der Waals surface area contributed by atoms with E-state index in [1.54, 1.807) is 31.3 Å². The maximum atomic E-state index is 13.0. The molecule has 0 bridgehead atoms. The number of carbonyl (C=O) groups is 2. The van der Waals surface area contributed by atoms with Gasteiger partial charge in [-0.2, -0.15) is 5.10 Å². The molecule has 1 atom stereocenters. The second-order valence-electron chi connectivity index (χ2n) is 5.95. The Kier molecular flexibility index (Phi) is 4.59. The number of aryl methyl sites for hydroxylation is 1. The van der Waals surface area contributed by atoms with E-state index in [4.69, 9.17) is 0 Å². The summed E-state index contributed by atoms with van der Waals surface area (Å²) in [6.45, 7) is 2.51. The van der Waals surface area contributed by atoms with Crippen LogP contribution in [0.5, 0.6) is 0 Å². The summed E-state index contributed by atoms with van der Waals surface area (Å²) in [4.78, 5) is 31.0. The Balaban J connectivity index is 1.88. The number of aromatic nitrogens is 3. The summed E-state index contributed by atoms with van der Waals surface area (Å²) in [6.07, 6.45) is 2.85. The molecule has 1 aliphatic rings. The number of benzene rings is 1. The molecule has 1 aromatic carbocycles. The predicted molar refractivity (Wildman–Crippen MR) is 88.6 cm³/mol. The van der Waals surface area contributed by atoms with Crippen molar-refractivity contribution in [1.82, 2.24) is 25.4 Å². The van der Waals surface area contributed by atoms with Crippen LogP contribution >= 0.6 is 0 Å². The largest absolute Gasteiger partial charge is 0.355 e. The molecule has 0 aliphatic carbocycles. The van der Waals surface area contributed by atoms with E-state index in [1.807, 2.05) is 11.8 Å². The molecule has 0 unspecified atom stereocenters. The van der Waals surface area contributed by atoms with Crippen LogP contribution in [0, 0.1) is 6.92 Å². The van der Waals surface area contributed by atoms with Crippen molar-refractivity contribution in [3.63, 3.8) is 0 Å². The van der Waals surface area contributed by atoms with Crippen molar-refractivity contribution >= 4 is 11.8 Å². The lowest BCUT2D eigenvalue weighted by atomic mass is 9.99. The molecule has 0 radical (unpaired) electrons. The van der Waals surface area contributed by atoms with E-state index in [2.05, 4.69) is 20.5 Å². The quantitative estimate of drug-likeness (QED) is 0.900. The van der Waals surface area contributed by atoms with E-state index in [-0.39, 0.29) is 17.9 Å². The first kappa shape index (κ1) is 16.2. The number of nitrogens with zero attached hydrogens (tertiary/aromatic N) is 3. The van der Waals surface area contributed by atoms with Gasteiger partial charge in [0.25, 0.3) is 11.8 Å². The monoisotopic (exact) mass is 327 g/mol. The first-order chi connectivity index (χ1) is 11.6. The third-order valence-electron chi connectivity index (χ3n) is 4.27. The van der Waals surface area contributed by atoms with Gasteiger partial charge in [-0.1, -0.05) is 6.07 Å². The molecule has 1 saturated heterocycles. The Morgan fingerprint density at radius 1 is 1.29 bits per heavy atom. The Bertz CT molecular complexity index is 755. The summed E-state index contributed by atoms with van der Waals surface area (Å²) in [5.74, 6) is 1.10. The van der Waals surface area contributed by atoms with Gasteiger partial charge in [0.05, 0.1) is 6.04 Å². The molecule has 126 valence electrons. The lowest BCUT2D eigenvalue weighted by molar-refractivity contribution is 0.0600. The predicted octanol–water partition coefficient (Wildman–Crippen LogP) is 1.84. The van der Waals surface area contributed by atoms with Gasteiger partial charge in [0.15, 0.2) is 5.82 Å². The Morgan fingerprint density at radius 2 is 2.08 bits per heavy atom. The second-order valence-corrected chi connectivity index (χ2v) is 5.95. The third kappa shape index (κ3) is 3.15. The molecule has 7 heteroatoms. The van der Waals surface area contributed by atoms with Gasteiger partial charge in [0, 0.05) is 24.7 Å². The van der Waals surface area contributed by atoms with Crippen LogP contribution in [0.4, 0.5) is 0 Å². The number of amides is 2. The van der Waals surface area contributed by atoms with E-state index in [0.29, 0.717) is 23.5 Å². The standard InChI is InChI=1S/C17H21N5O2/c1-11-19-15(21-20-11)14-8-3-4-9-22(14)17(24)13-7-5-6-12(10-13)16(23)18-2/h5-7,10,14H,3-4,8-9H2,1-2H3,(H,18,23)(H,19,20,21)/t14-/m1/s1. The van der Waals surface area contributed by atoms with Crippen LogP contribution in [0.1, 0.15) is 57.7 Å². The summed E-state index contributed by atoms with van der Waals surface area (Å²) in [5.41, 5.74) is 0.987. The van der Waals surface area contributed by atoms with Crippen LogP contribution in [0.15, 0.2) is 24.3 Å². The molecule has 2 heterocycles. The molecule has 7 nitrogen and oxygen atoms in total. The van der Waals surface area contributed by atoms with Crippen LogP contribution < -0.4 is 5.32 Å². The molecular formula is C17H21N5O2. The van der Waals surface area contributed by atoms with Crippen LogP contribution in [0.3, 0.4) is 0 Å². The van der Waals surface area contributed by atoms with E-state index < -0.39 is 0 Å². The van der Waals surface area contributed by atoms with Crippen molar-refractivity contribution in [2.24, 2.45) is 0 Å². The average Bonchev–Trinajstić information content (AvgIpc) is 3.06. The van der Waals surface area contributed by atoms with Gasteiger partial charge in [0.1, 0.15) is 5.82 Å². The molecule has 2 aromatic rings. The number of aromatic amines is 1. The number of likely N-dealkylation sites (tertiary alicyclic amines) is 1. The number of H-pyrrole nitrogens is 1. The van der Waals surface area contributed by atoms with Crippen molar-refractivity contribution in [3.05, 3.63) is 47.0 Å². The molecule has 24 heavy (non-hydrogen) atoms. The molecule has 1 aliphatic heterocycles. The van der Waals surface area contributed by atoms with E-state index >= 15 is 0 Å². The lowest BCUT2D eigenvalue weighted by Crippen LogP contribution is -2.39. The maximum absolute atomic E-state index is 13.0. The van der Waals surface area contributed by atoms with Gasteiger partial charge in [-0.15, -0.1) is 0 Å². The molecule has 1 aromatic heterocycles. The third-order valence-corrected chi connectivity index (χ3v) is 4.27. The molecule has 0 saturated carbocycles. The number of carbonyl (C=O) groups excluding carboxylic acids is 2. The normalized spacial score (nSPS) is 17.6. The second kappa shape index (κ2) is 6.82. The molecule has 3 rings (SSSR count). The first-order valence-electron chi connectivity index (χ1n) is 8.12. The van der Waals surface area contributed by atoms with Gasteiger partial charge in [-0.25, -0.2) is 4.98 Å². The van der Waals surface area contributed by atoms with E-state index in [9.17, 15) is 9.59 Å². The molecular weight excluding hydrogens is 306 g/mol. The van der Waals surface area contributed by atoms with Gasteiger partial charge < -0.3 is 10.2 Å². The zero-order valence-electron chi connectivity index (χ0n) is 13.9. The summed E-state index contributed by atoms with van der Waals surface area (Å²) >= 11 is 0. The molecule has 1 fully saturated rings. The van der Waals surface area contributed by atoms with Crippen LogP contribution in [0.25, 0.3) is 0 Å². The minimum absolute atomic E-state index is 0.0899. The number of piperidine rings is 1. The highest BCUT2D eigenvalue weighted by atomic mass is 16.2. The Hall–Kier alpha value is -2.70. The first-order valence-corrected chi connectivity index (χ1v) is 8.12. The summed E-state index contributed by atoms with van der Waals surface area (Å²) in [5, 5.41) is 9.65. The topological polar surface area (TPSA) is 91.0 Å². The SMILES string of the molecule is CNC(=O)c1cccc(C(=O)N2CCCC[C@@H]2c2n[nH]c(C)n2)c1. The van der Waals surface area contributed by atoms with Crippen molar-refractivity contribution in [2.45, 2.75) is 32.2 Å². The van der Waals surface area contributed by atoms with Crippen LogP contribution in [0.2, 0.25) is 0 Å². The van der Waals surface area contributed by atoms with E-state index in [1.165, 1.54) is 0 Å². The molecule has 0 spiro atoms. The van der Waals surface area contributed by atoms with Gasteiger partial charge >= 0.3 is 0 Å². The van der Waals surface area contributed by atoms with Gasteiger partial charge in [-0.05, 0) is 44.4 Å². The van der Waals surface area contributed by atoms with Crippen molar-refractivity contribution < 1.29 is 9.59 Å². The van der Waals surface area contributed by atoms with Crippen LogP contribution in [-0.4, -0.2) is 45.5 Å². The summed E-state index contributed by atoms with van der Waals surface area (Å²) in [6, 6.07) is 6.68. The zero-order chi connectivity index (χ0) is 17.1. The fourth-order valence-electron chi connectivity index (χ4n) is 3.06.